The molecule has 3 aliphatic rings. The monoisotopic (exact) mass is 479 g/mol. The summed E-state index contributed by atoms with van der Waals surface area (Å²) in [5, 5.41) is 13.5. The molecular weight excluding hydrogens is 461 g/mol. The van der Waals surface area contributed by atoms with Gasteiger partial charge in [0.2, 0.25) is 15.6 Å². The van der Waals surface area contributed by atoms with Crippen molar-refractivity contribution in [2.24, 2.45) is 0 Å². The summed E-state index contributed by atoms with van der Waals surface area (Å²) in [6, 6.07) is 8.60. The van der Waals surface area contributed by atoms with Crippen LogP contribution in [0.3, 0.4) is 0 Å². The van der Waals surface area contributed by atoms with E-state index in [0.29, 0.717) is 35.3 Å². The Bertz CT molecular complexity index is 1260. The summed E-state index contributed by atoms with van der Waals surface area (Å²) in [5.41, 5.74) is -0.390. The quantitative estimate of drug-likeness (QED) is 0.580. The van der Waals surface area contributed by atoms with Crippen molar-refractivity contribution in [3.63, 3.8) is 0 Å². The van der Waals surface area contributed by atoms with Gasteiger partial charge in [0, 0.05) is 35.8 Å². The fourth-order valence-corrected chi connectivity index (χ4v) is 6.41. The van der Waals surface area contributed by atoms with Gasteiger partial charge in [0.05, 0.1) is 5.69 Å². The van der Waals surface area contributed by atoms with E-state index in [1.165, 1.54) is 17.0 Å². The number of anilines is 2. The molecule has 2 heterocycles. The molecule has 2 amide bonds. The van der Waals surface area contributed by atoms with Crippen LogP contribution >= 0.6 is 11.6 Å². The maximum atomic E-state index is 13.5. The van der Waals surface area contributed by atoms with Gasteiger partial charge >= 0.3 is 0 Å². The molecule has 3 N–H and O–H groups in total. The molecule has 0 bridgehead atoms. The number of nitrogens with one attached hydrogen (secondary N) is 2. The van der Waals surface area contributed by atoms with E-state index in [4.69, 9.17) is 11.6 Å². The molecule has 1 saturated carbocycles. The van der Waals surface area contributed by atoms with Crippen LogP contribution in [0.2, 0.25) is 5.02 Å². The van der Waals surface area contributed by atoms with E-state index in [9.17, 15) is 27.5 Å². The molecule has 1 aliphatic carbocycles. The molecule has 1 spiro atoms. The van der Waals surface area contributed by atoms with Crippen molar-refractivity contribution >= 4 is 44.8 Å². The van der Waals surface area contributed by atoms with Crippen LogP contribution in [0, 0.1) is 5.82 Å². The standard InChI is InChI=1S/C21H19ClFN3O5S/c22-13-7-12(8-14(23)9-13)11-24-18(27)21(29)5-6-26(19(21)28)15-1-2-17-16(10-15)20(3-4-20)32(30,31)25-17/h1-2,7-10,25,29H,3-6,11H2,(H,24,27)/t21-/m0/s1. The number of aliphatic hydroxyl groups is 1. The molecule has 1 saturated heterocycles. The fraction of sp³-hybridized carbons (Fsp3) is 0.333. The number of benzene rings is 2. The third-order valence-electron chi connectivity index (χ3n) is 6.32. The van der Waals surface area contributed by atoms with Crippen LogP contribution in [-0.4, -0.2) is 37.5 Å². The SMILES string of the molecule is O=C(NCc1cc(F)cc(Cl)c1)[C@@]1(O)CCN(c2ccc3c(c2)C2(CC2)S(=O)(=O)N3)C1=O. The molecule has 168 valence electrons. The highest BCUT2D eigenvalue weighted by Crippen LogP contribution is 2.59. The minimum Gasteiger partial charge on any atom is -0.372 e. The van der Waals surface area contributed by atoms with Crippen molar-refractivity contribution < 1.29 is 27.5 Å². The maximum absolute atomic E-state index is 13.5. The van der Waals surface area contributed by atoms with Gasteiger partial charge in [-0.2, -0.15) is 0 Å². The molecule has 32 heavy (non-hydrogen) atoms. The first-order valence-corrected chi connectivity index (χ1v) is 11.9. The van der Waals surface area contributed by atoms with Gasteiger partial charge in [0.15, 0.2) is 0 Å². The van der Waals surface area contributed by atoms with Gasteiger partial charge in [0.25, 0.3) is 11.8 Å². The second kappa shape index (κ2) is 6.90. The summed E-state index contributed by atoms with van der Waals surface area (Å²) in [6.07, 6.45) is 0.868. The number of hydrogen-bond donors (Lipinski definition) is 3. The van der Waals surface area contributed by atoms with Crippen molar-refractivity contribution in [1.82, 2.24) is 5.32 Å². The first-order valence-electron chi connectivity index (χ1n) is 10.0. The van der Waals surface area contributed by atoms with E-state index < -0.39 is 38.0 Å². The second-order valence-corrected chi connectivity index (χ2v) is 10.8. The lowest BCUT2D eigenvalue weighted by Crippen LogP contribution is -2.52. The summed E-state index contributed by atoms with van der Waals surface area (Å²) in [6.45, 7) is -0.0304. The molecule has 11 heteroatoms. The molecule has 1 atom stereocenters. The normalized spacial score (nSPS) is 24.3. The lowest BCUT2D eigenvalue weighted by molar-refractivity contribution is -0.149. The minimum absolute atomic E-state index is 0.0838. The maximum Gasteiger partial charge on any atom is 0.268 e. The smallest absolute Gasteiger partial charge is 0.268 e. The van der Waals surface area contributed by atoms with Crippen LogP contribution in [0.1, 0.15) is 30.4 Å². The number of nitrogens with zero attached hydrogens (tertiary/aromatic N) is 1. The van der Waals surface area contributed by atoms with Gasteiger partial charge in [-0.05, 0) is 54.8 Å². The molecule has 0 radical (unpaired) electrons. The zero-order valence-electron chi connectivity index (χ0n) is 16.7. The van der Waals surface area contributed by atoms with Crippen LogP contribution in [0.25, 0.3) is 0 Å². The average Bonchev–Trinajstić information content (AvgIpc) is 3.44. The Kier molecular flexibility index (Phi) is 4.57. The second-order valence-electron chi connectivity index (χ2n) is 8.36. The lowest BCUT2D eigenvalue weighted by Gasteiger charge is -2.22. The van der Waals surface area contributed by atoms with Gasteiger partial charge in [-0.15, -0.1) is 0 Å². The fourth-order valence-electron chi connectivity index (χ4n) is 4.41. The van der Waals surface area contributed by atoms with Crippen LogP contribution in [0.4, 0.5) is 15.8 Å². The molecule has 0 aromatic heterocycles. The molecule has 5 rings (SSSR count). The van der Waals surface area contributed by atoms with E-state index >= 15 is 0 Å². The van der Waals surface area contributed by atoms with E-state index in [1.54, 1.807) is 18.2 Å². The average molecular weight is 480 g/mol. The van der Waals surface area contributed by atoms with Gasteiger partial charge in [-0.3, -0.25) is 14.3 Å². The third-order valence-corrected chi connectivity index (χ3v) is 8.68. The predicted molar refractivity (Wildman–Crippen MR) is 115 cm³/mol. The summed E-state index contributed by atoms with van der Waals surface area (Å²) in [4.78, 5) is 26.9. The lowest BCUT2D eigenvalue weighted by atomic mass is 10.0. The van der Waals surface area contributed by atoms with Crippen LogP contribution in [0.15, 0.2) is 36.4 Å². The van der Waals surface area contributed by atoms with E-state index in [-0.39, 0.29) is 24.5 Å². The summed E-state index contributed by atoms with van der Waals surface area (Å²) in [7, 11) is -3.51. The third kappa shape index (κ3) is 3.08. The largest absolute Gasteiger partial charge is 0.372 e. The van der Waals surface area contributed by atoms with Gasteiger partial charge < -0.3 is 15.3 Å². The number of amides is 2. The molecule has 0 unspecified atom stereocenters. The highest BCUT2D eigenvalue weighted by atomic mass is 35.5. The number of sulfonamides is 1. The van der Waals surface area contributed by atoms with Gasteiger partial charge in [0.1, 0.15) is 10.6 Å². The molecular formula is C21H19ClFN3O5S. The molecule has 2 fully saturated rings. The first-order chi connectivity index (χ1) is 15.1. The highest BCUT2D eigenvalue weighted by Gasteiger charge is 2.61. The summed E-state index contributed by atoms with van der Waals surface area (Å²) >= 11 is 5.81. The predicted octanol–water partition coefficient (Wildman–Crippen LogP) is 2.01. The Balaban J connectivity index is 1.34. The number of carbonyl (C=O) groups is 2. The molecule has 2 aliphatic heterocycles. The van der Waals surface area contributed by atoms with E-state index in [2.05, 4.69) is 10.0 Å². The van der Waals surface area contributed by atoms with Crippen molar-refractivity contribution in [2.45, 2.75) is 36.2 Å². The highest BCUT2D eigenvalue weighted by molar-refractivity contribution is 7.94. The van der Waals surface area contributed by atoms with Crippen molar-refractivity contribution in [3.05, 3.63) is 58.4 Å². The Labute approximate surface area is 188 Å². The Hall–Kier alpha value is -2.69. The number of fused-ring (bicyclic) bond motifs is 2. The molecule has 2 aromatic carbocycles. The molecule has 8 nitrogen and oxygen atoms in total. The first kappa shape index (κ1) is 21.2. The van der Waals surface area contributed by atoms with Crippen LogP contribution in [-0.2, 0) is 30.9 Å². The van der Waals surface area contributed by atoms with Crippen molar-refractivity contribution in [2.75, 3.05) is 16.2 Å². The van der Waals surface area contributed by atoms with Crippen LogP contribution in [0.5, 0.6) is 0 Å². The Morgan fingerprint density at radius 1 is 1.22 bits per heavy atom. The van der Waals surface area contributed by atoms with Crippen molar-refractivity contribution in [1.29, 1.82) is 0 Å². The van der Waals surface area contributed by atoms with Gasteiger partial charge in [-0.25, -0.2) is 12.8 Å². The van der Waals surface area contributed by atoms with Crippen LogP contribution < -0.4 is 14.9 Å². The Morgan fingerprint density at radius 3 is 2.66 bits per heavy atom. The Morgan fingerprint density at radius 2 is 1.97 bits per heavy atom. The zero-order valence-corrected chi connectivity index (χ0v) is 18.3. The van der Waals surface area contributed by atoms with Crippen molar-refractivity contribution in [3.8, 4) is 0 Å². The zero-order chi connectivity index (χ0) is 22.9. The minimum atomic E-state index is -3.51. The summed E-state index contributed by atoms with van der Waals surface area (Å²) in [5.74, 6) is -2.26. The van der Waals surface area contributed by atoms with Gasteiger partial charge in [-0.1, -0.05) is 11.6 Å². The number of rotatable bonds is 4. The number of carbonyl (C=O) groups excluding carboxylic acids is 2. The van der Waals surface area contributed by atoms with E-state index in [1.807, 2.05) is 0 Å². The van der Waals surface area contributed by atoms with E-state index in [0.717, 1.165) is 6.07 Å². The topological polar surface area (TPSA) is 116 Å². The summed E-state index contributed by atoms with van der Waals surface area (Å²) < 4.78 is 39.9. The molecule has 2 aromatic rings. The number of hydrogen-bond acceptors (Lipinski definition) is 5. The number of halogens is 2.